The number of benzene rings is 1. The van der Waals surface area contributed by atoms with Gasteiger partial charge < -0.3 is 10.1 Å². The van der Waals surface area contributed by atoms with Gasteiger partial charge in [0.2, 0.25) is 5.95 Å². The second kappa shape index (κ2) is 8.33. The zero-order chi connectivity index (χ0) is 21.5. The third kappa shape index (κ3) is 4.00. The monoisotopic (exact) mass is 444 g/mol. The van der Waals surface area contributed by atoms with Gasteiger partial charge in [0.25, 0.3) is 0 Å². The number of piperidine rings is 1. The number of likely N-dealkylation sites (tertiary alicyclic amines) is 1. The fourth-order valence-electron chi connectivity index (χ4n) is 4.72. The largest absolute Gasteiger partial charge is 0.380 e. The quantitative estimate of drug-likeness (QED) is 0.656. The molecule has 2 aromatic heterocycles. The van der Waals surface area contributed by atoms with E-state index < -0.39 is 6.17 Å². The van der Waals surface area contributed by atoms with E-state index in [1.165, 1.54) is 0 Å². The molecule has 4 heterocycles. The first-order chi connectivity index (χ1) is 15.0. The second-order valence-electron chi connectivity index (χ2n) is 8.48. The number of anilines is 2. The molecule has 3 aromatic rings. The van der Waals surface area contributed by atoms with Crippen LogP contribution in [0.5, 0.6) is 0 Å². The molecule has 2 aliphatic rings. The SMILES string of the molecule is Cc1cc2cnc(Nc3cnn(C)c3Cl)nc2cc1C1CCN(C2CCOC2)CC1F. The maximum absolute atomic E-state index is 15.3. The summed E-state index contributed by atoms with van der Waals surface area (Å²) in [5.41, 5.74) is 3.55. The van der Waals surface area contributed by atoms with Crippen molar-refractivity contribution in [2.75, 3.05) is 31.6 Å². The normalized spacial score (nSPS) is 24.7. The van der Waals surface area contributed by atoms with Gasteiger partial charge >= 0.3 is 0 Å². The standard InChI is InChI=1S/C22H26ClFN6O/c1-13-7-14-9-25-22(28-20-10-26-29(2)21(20)23)27-19(14)8-17(13)16-3-5-30(11-18(16)24)15-4-6-31-12-15/h7-10,15-16,18H,3-6,11-12H2,1-2H3,(H,25,27,28). The van der Waals surface area contributed by atoms with E-state index in [0.29, 0.717) is 29.4 Å². The van der Waals surface area contributed by atoms with E-state index in [2.05, 4.69) is 31.3 Å². The Hall–Kier alpha value is -2.29. The number of hydrogen-bond donors (Lipinski definition) is 1. The number of aryl methyl sites for hydroxylation is 2. The third-order valence-corrected chi connectivity index (χ3v) is 6.92. The predicted molar refractivity (Wildman–Crippen MR) is 119 cm³/mol. The Labute approximate surface area is 185 Å². The zero-order valence-electron chi connectivity index (χ0n) is 17.7. The first-order valence-corrected chi connectivity index (χ1v) is 11.0. The summed E-state index contributed by atoms with van der Waals surface area (Å²) in [7, 11) is 1.77. The fourth-order valence-corrected chi connectivity index (χ4v) is 4.86. The topological polar surface area (TPSA) is 68.1 Å². The lowest BCUT2D eigenvalue weighted by Gasteiger charge is -2.38. The van der Waals surface area contributed by atoms with Crippen LogP contribution in [0, 0.1) is 6.92 Å². The summed E-state index contributed by atoms with van der Waals surface area (Å²) >= 11 is 6.23. The van der Waals surface area contributed by atoms with Crippen molar-refractivity contribution >= 4 is 34.1 Å². The van der Waals surface area contributed by atoms with Crippen molar-refractivity contribution in [2.45, 2.75) is 37.9 Å². The second-order valence-corrected chi connectivity index (χ2v) is 8.84. The number of alkyl halides is 1. The number of nitrogens with one attached hydrogen (secondary N) is 1. The smallest absolute Gasteiger partial charge is 0.227 e. The van der Waals surface area contributed by atoms with Crippen LogP contribution in [-0.2, 0) is 11.8 Å². The molecule has 1 aromatic carbocycles. The molecule has 164 valence electrons. The van der Waals surface area contributed by atoms with E-state index in [-0.39, 0.29) is 5.92 Å². The molecule has 9 heteroatoms. The molecule has 2 aliphatic heterocycles. The predicted octanol–water partition coefficient (Wildman–Crippen LogP) is 3.99. The fraction of sp³-hybridized carbons (Fsp3) is 0.500. The molecule has 7 nitrogen and oxygen atoms in total. The summed E-state index contributed by atoms with van der Waals surface area (Å²) in [6.45, 7) is 4.91. The van der Waals surface area contributed by atoms with Crippen molar-refractivity contribution in [2.24, 2.45) is 7.05 Å². The van der Waals surface area contributed by atoms with Crippen LogP contribution in [0.25, 0.3) is 10.9 Å². The number of rotatable bonds is 4. The zero-order valence-corrected chi connectivity index (χ0v) is 18.4. The minimum atomic E-state index is -0.904. The summed E-state index contributed by atoms with van der Waals surface area (Å²) in [4.78, 5) is 11.3. The lowest BCUT2D eigenvalue weighted by atomic mass is 9.84. The molecule has 0 bridgehead atoms. The van der Waals surface area contributed by atoms with Crippen LogP contribution in [0.15, 0.2) is 24.5 Å². The van der Waals surface area contributed by atoms with Crippen LogP contribution in [0.3, 0.4) is 0 Å². The van der Waals surface area contributed by atoms with Crippen molar-refractivity contribution < 1.29 is 9.13 Å². The van der Waals surface area contributed by atoms with Gasteiger partial charge in [0.05, 0.1) is 24.0 Å². The molecule has 3 atom stereocenters. The molecule has 5 rings (SSSR count). The maximum Gasteiger partial charge on any atom is 0.227 e. The summed E-state index contributed by atoms with van der Waals surface area (Å²) in [5.74, 6) is 0.312. The van der Waals surface area contributed by atoms with Crippen LogP contribution >= 0.6 is 11.6 Å². The first kappa shape index (κ1) is 20.6. The summed E-state index contributed by atoms with van der Waals surface area (Å²) < 4.78 is 22.3. The van der Waals surface area contributed by atoms with Crippen LogP contribution in [0.2, 0.25) is 5.15 Å². The van der Waals surface area contributed by atoms with E-state index in [1.54, 1.807) is 24.1 Å². The number of halogens is 2. The highest BCUT2D eigenvalue weighted by atomic mass is 35.5. The van der Waals surface area contributed by atoms with Gasteiger partial charge in [-0.05, 0) is 49.6 Å². The van der Waals surface area contributed by atoms with Crippen molar-refractivity contribution in [3.05, 3.63) is 40.8 Å². The minimum absolute atomic E-state index is 0.123. The molecule has 0 radical (unpaired) electrons. The molecule has 1 N–H and O–H groups in total. The highest BCUT2D eigenvalue weighted by Gasteiger charge is 2.35. The van der Waals surface area contributed by atoms with Gasteiger partial charge in [-0.3, -0.25) is 9.58 Å². The lowest BCUT2D eigenvalue weighted by Crippen LogP contribution is -2.46. The number of nitrogens with zero attached hydrogens (tertiary/aromatic N) is 5. The maximum atomic E-state index is 15.3. The number of ether oxygens (including phenoxy) is 1. The molecule has 2 saturated heterocycles. The van der Waals surface area contributed by atoms with Gasteiger partial charge in [-0.25, -0.2) is 14.4 Å². The molecular weight excluding hydrogens is 419 g/mol. The molecule has 3 unspecified atom stereocenters. The van der Waals surface area contributed by atoms with Gasteiger partial charge in [0, 0.05) is 43.7 Å². The molecule has 0 aliphatic carbocycles. The van der Waals surface area contributed by atoms with Crippen LogP contribution in [0.4, 0.5) is 16.0 Å². The van der Waals surface area contributed by atoms with E-state index in [4.69, 9.17) is 16.3 Å². The Morgan fingerprint density at radius 1 is 1.26 bits per heavy atom. The van der Waals surface area contributed by atoms with Gasteiger partial charge in [-0.2, -0.15) is 5.10 Å². The molecule has 31 heavy (non-hydrogen) atoms. The van der Waals surface area contributed by atoms with Crippen molar-refractivity contribution in [3.8, 4) is 0 Å². The van der Waals surface area contributed by atoms with Gasteiger partial charge in [-0.1, -0.05) is 11.6 Å². The number of fused-ring (bicyclic) bond motifs is 1. The Bertz CT molecular complexity index is 1100. The Morgan fingerprint density at radius 2 is 2.13 bits per heavy atom. The summed E-state index contributed by atoms with van der Waals surface area (Å²) in [6.07, 6.45) is 4.30. The highest BCUT2D eigenvalue weighted by molar-refractivity contribution is 6.32. The van der Waals surface area contributed by atoms with Crippen molar-refractivity contribution in [3.63, 3.8) is 0 Å². The minimum Gasteiger partial charge on any atom is -0.380 e. The lowest BCUT2D eigenvalue weighted by molar-refractivity contribution is 0.0728. The Kier molecular flexibility index (Phi) is 5.54. The number of aromatic nitrogens is 4. The van der Waals surface area contributed by atoms with Crippen molar-refractivity contribution in [1.82, 2.24) is 24.6 Å². The van der Waals surface area contributed by atoms with E-state index in [9.17, 15) is 0 Å². The number of hydrogen-bond acceptors (Lipinski definition) is 6. The highest BCUT2D eigenvalue weighted by Crippen LogP contribution is 2.35. The van der Waals surface area contributed by atoms with Crippen molar-refractivity contribution in [1.29, 1.82) is 0 Å². The summed E-state index contributed by atoms with van der Waals surface area (Å²) in [6, 6.07) is 4.43. The average molecular weight is 445 g/mol. The molecule has 0 spiro atoms. The van der Waals surface area contributed by atoms with Gasteiger partial charge in [0.15, 0.2) is 0 Å². The van der Waals surface area contributed by atoms with Crippen LogP contribution in [-0.4, -0.2) is 63.2 Å². The summed E-state index contributed by atoms with van der Waals surface area (Å²) in [5, 5.41) is 8.64. The van der Waals surface area contributed by atoms with E-state index >= 15 is 4.39 Å². The van der Waals surface area contributed by atoms with E-state index in [0.717, 1.165) is 54.6 Å². The van der Waals surface area contributed by atoms with Crippen LogP contribution in [0.1, 0.15) is 29.9 Å². The van der Waals surface area contributed by atoms with Gasteiger partial charge in [0.1, 0.15) is 11.3 Å². The Morgan fingerprint density at radius 3 is 2.84 bits per heavy atom. The molecular formula is C22H26ClFN6O. The van der Waals surface area contributed by atoms with E-state index in [1.807, 2.05) is 13.0 Å². The molecule has 0 amide bonds. The average Bonchev–Trinajstić information content (AvgIpc) is 3.40. The third-order valence-electron chi connectivity index (χ3n) is 6.47. The molecule has 2 fully saturated rings. The van der Waals surface area contributed by atoms with Crippen LogP contribution < -0.4 is 5.32 Å². The first-order valence-electron chi connectivity index (χ1n) is 10.7. The van der Waals surface area contributed by atoms with Gasteiger partial charge in [-0.15, -0.1) is 0 Å². The molecule has 0 saturated carbocycles. The Balaban J connectivity index is 1.39.